The van der Waals surface area contributed by atoms with Crippen molar-refractivity contribution in [2.24, 2.45) is 10.9 Å². The number of rotatable bonds is 2. The molecule has 0 aliphatic rings. The summed E-state index contributed by atoms with van der Waals surface area (Å²) in [6.07, 6.45) is 0. The first-order valence-electron chi connectivity index (χ1n) is 3.78. The first-order chi connectivity index (χ1) is 6.20. The SMILES string of the molecule is COc1cccc(C(C)=NN)c1F. The predicted molar refractivity (Wildman–Crippen MR) is 49.4 cm³/mol. The van der Waals surface area contributed by atoms with Crippen molar-refractivity contribution >= 4 is 5.71 Å². The zero-order valence-corrected chi connectivity index (χ0v) is 7.54. The van der Waals surface area contributed by atoms with Crippen LogP contribution in [0.4, 0.5) is 4.39 Å². The summed E-state index contributed by atoms with van der Waals surface area (Å²) in [6.45, 7) is 1.64. The molecule has 13 heavy (non-hydrogen) atoms. The summed E-state index contributed by atoms with van der Waals surface area (Å²) in [6, 6.07) is 4.83. The Bertz CT molecular complexity index is 336. The highest BCUT2D eigenvalue weighted by Gasteiger charge is 2.09. The van der Waals surface area contributed by atoms with Crippen molar-refractivity contribution in [1.82, 2.24) is 0 Å². The minimum Gasteiger partial charge on any atom is -0.494 e. The van der Waals surface area contributed by atoms with Gasteiger partial charge >= 0.3 is 0 Å². The summed E-state index contributed by atoms with van der Waals surface area (Å²) in [5.74, 6) is 4.81. The molecule has 0 heterocycles. The van der Waals surface area contributed by atoms with E-state index in [1.54, 1.807) is 25.1 Å². The van der Waals surface area contributed by atoms with Crippen molar-refractivity contribution in [2.75, 3.05) is 7.11 Å². The monoisotopic (exact) mass is 182 g/mol. The van der Waals surface area contributed by atoms with Crippen LogP contribution in [0.2, 0.25) is 0 Å². The van der Waals surface area contributed by atoms with Crippen molar-refractivity contribution in [2.45, 2.75) is 6.92 Å². The number of benzene rings is 1. The van der Waals surface area contributed by atoms with Gasteiger partial charge in [-0.1, -0.05) is 6.07 Å². The Morgan fingerprint density at radius 1 is 1.54 bits per heavy atom. The zero-order chi connectivity index (χ0) is 9.84. The predicted octanol–water partition coefficient (Wildman–Crippen LogP) is 1.52. The first-order valence-corrected chi connectivity index (χ1v) is 3.78. The molecule has 3 nitrogen and oxygen atoms in total. The molecule has 0 bridgehead atoms. The quantitative estimate of drug-likeness (QED) is 0.428. The average Bonchev–Trinajstić information content (AvgIpc) is 2.17. The van der Waals surface area contributed by atoms with Gasteiger partial charge in [0.05, 0.1) is 12.8 Å². The Morgan fingerprint density at radius 3 is 2.77 bits per heavy atom. The highest BCUT2D eigenvalue weighted by molar-refractivity contribution is 5.99. The molecule has 1 aromatic rings. The van der Waals surface area contributed by atoms with Crippen molar-refractivity contribution in [1.29, 1.82) is 0 Å². The lowest BCUT2D eigenvalue weighted by atomic mass is 10.1. The van der Waals surface area contributed by atoms with E-state index in [0.717, 1.165) is 0 Å². The third kappa shape index (κ3) is 1.77. The van der Waals surface area contributed by atoms with Gasteiger partial charge in [0.2, 0.25) is 0 Å². The van der Waals surface area contributed by atoms with Crippen LogP contribution in [0.25, 0.3) is 0 Å². The molecule has 0 saturated heterocycles. The minimum atomic E-state index is -0.434. The van der Waals surface area contributed by atoms with E-state index in [0.29, 0.717) is 11.3 Å². The number of hydrazone groups is 1. The molecule has 0 unspecified atom stereocenters. The second-order valence-corrected chi connectivity index (χ2v) is 2.54. The van der Waals surface area contributed by atoms with Crippen LogP contribution in [0.15, 0.2) is 23.3 Å². The summed E-state index contributed by atoms with van der Waals surface area (Å²) in [5, 5.41) is 3.42. The molecule has 0 aromatic heterocycles. The Kier molecular flexibility index (Phi) is 2.84. The molecular weight excluding hydrogens is 171 g/mol. The summed E-state index contributed by atoms with van der Waals surface area (Å²) in [5.41, 5.74) is 0.804. The number of halogens is 1. The second-order valence-electron chi connectivity index (χ2n) is 2.54. The van der Waals surface area contributed by atoms with Crippen LogP contribution in [0.1, 0.15) is 12.5 Å². The standard InChI is InChI=1S/C9H11FN2O/c1-6(12-11)7-4-3-5-8(13-2)9(7)10/h3-5H,11H2,1-2H3. The van der Waals surface area contributed by atoms with Gasteiger partial charge in [0, 0.05) is 5.56 Å². The number of methoxy groups -OCH3 is 1. The van der Waals surface area contributed by atoms with E-state index in [1.807, 2.05) is 0 Å². The molecule has 4 heteroatoms. The van der Waals surface area contributed by atoms with Crippen LogP contribution < -0.4 is 10.6 Å². The zero-order valence-electron chi connectivity index (χ0n) is 7.54. The fourth-order valence-electron chi connectivity index (χ4n) is 1.02. The lowest BCUT2D eigenvalue weighted by Crippen LogP contribution is -2.03. The third-order valence-electron chi connectivity index (χ3n) is 1.77. The largest absolute Gasteiger partial charge is 0.494 e. The molecule has 0 amide bonds. The first kappa shape index (κ1) is 9.51. The van der Waals surface area contributed by atoms with Crippen LogP contribution in [0.3, 0.4) is 0 Å². The number of hydrogen-bond acceptors (Lipinski definition) is 3. The van der Waals surface area contributed by atoms with E-state index >= 15 is 0 Å². The maximum Gasteiger partial charge on any atom is 0.174 e. The van der Waals surface area contributed by atoms with Crippen LogP contribution in [-0.4, -0.2) is 12.8 Å². The number of nitrogens with zero attached hydrogens (tertiary/aromatic N) is 1. The number of nitrogens with two attached hydrogens (primary N) is 1. The van der Waals surface area contributed by atoms with Crippen LogP contribution in [0, 0.1) is 5.82 Å². The van der Waals surface area contributed by atoms with E-state index in [-0.39, 0.29) is 5.75 Å². The molecule has 1 rings (SSSR count). The average molecular weight is 182 g/mol. The number of hydrogen-bond donors (Lipinski definition) is 1. The lowest BCUT2D eigenvalue weighted by Gasteiger charge is -2.05. The van der Waals surface area contributed by atoms with Crippen molar-refractivity contribution in [3.63, 3.8) is 0 Å². The second kappa shape index (κ2) is 3.89. The summed E-state index contributed by atoms with van der Waals surface area (Å²) in [7, 11) is 1.41. The molecule has 0 aliphatic heterocycles. The van der Waals surface area contributed by atoms with Crippen molar-refractivity contribution < 1.29 is 9.13 Å². The molecule has 0 fully saturated rings. The van der Waals surface area contributed by atoms with Gasteiger partial charge in [0.25, 0.3) is 0 Å². The Labute approximate surface area is 76.0 Å². The van der Waals surface area contributed by atoms with Crippen LogP contribution in [0.5, 0.6) is 5.75 Å². The van der Waals surface area contributed by atoms with Gasteiger partial charge in [0.1, 0.15) is 0 Å². The summed E-state index contributed by atoms with van der Waals surface area (Å²) >= 11 is 0. The van der Waals surface area contributed by atoms with E-state index in [2.05, 4.69) is 5.10 Å². The van der Waals surface area contributed by atoms with Gasteiger partial charge in [-0.25, -0.2) is 4.39 Å². The number of ether oxygens (including phenoxy) is 1. The fourth-order valence-corrected chi connectivity index (χ4v) is 1.02. The van der Waals surface area contributed by atoms with Gasteiger partial charge < -0.3 is 10.6 Å². The summed E-state index contributed by atoms with van der Waals surface area (Å²) in [4.78, 5) is 0. The maximum atomic E-state index is 13.4. The van der Waals surface area contributed by atoms with Crippen LogP contribution in [-0.2, 0) is 0 Å². The van der Waals surface area contributed by atoms with Gasteiger partial charge in [-0.05, 0) is 19.1 Å². The molecule has 0 saturated carbocycles. The van der Waals surface area contributed by atoms with Crippen molar-refractivity contribution in [3.8, 4) is 5.75 Å². The van der Waals surface area contributed by atoms with Gasteiger partial charge in [0.15, 0.2) is 11.6 Å². The van der Waals surface area contributed by atoms with E-state index in [4.69, 9.17) is 10.6 Å². The molecule has 1 aromatic carbocycles. The van der Waals surface area contributed by atoms with E-state index < -0.39 is 5.82 Å². The normalized spacial score (nSPS) is 11.5. The molecule has 0 aliphatic carbocycles. The Morgan fingerprint density at radius 2 is 2.23 bits per heavy atom. The van der Waals surface area contributed by atoms with Crippen molar-refractivity contribution in [3.05, 3.63) is 29.6 Å². The van der Waals surface area contributed by atoms with Gasteiger partial charge in [-0.2, -0.15) is 5.10 Å². The lowest BCUT2D eigenvalue weighted by molar-refractivity contribution is 0.386. The van der Waals surface area contributed by atoms with Crippen LogP contribution >= 0.6 is 0 Å². The van der Waals surface area contributed by atoms with Gasteiger partial charge in [-0.3, -0.25) is 0 Å². The third-order valence-corrected chi connectivity index (χ3v) is 1.77. The smallest absolute Gasteiger partial charge is 0.174 e. The fraction of sp³-hybridized carbons (Fsp3) is 0.222. The van der Waals surface area contributed by atoms with Gasteiger partial charge in [-0.15, -0.1) is 0 Å². The Hall–Kier alpha value is -1.58. The van der Waals surface area contributed by atoms with E-state index in [9.17, 15) is 4.39 Å². The maximum absolute atomic E-state index is 13.4. The molecule has 0 radical (unpaired) electrons. The minimum absolute atomic E-state index is 0.195. The highest BCUT2D eigenvalue weighted by Crippen LogP contribution is 2.20. The molecule has 0 spiro atoms. The molecule has 70 valence electrons. The van der Waals surface area contributed by atoms with E-state index in [1.165, 1.54) is 7.11 Å². The highest BCUT2D eigenvalue weighted by atomic mass is 19.1. The topological polar surface area (TPSA) is 47.6 Å². The molecular formula is C9H11FN2O. The Balaban J connectivity index is 3.23. The molecule has 0 atom stereocenters. The summed E-state index contributed by atoms with van der Waals surface area (Å²) < 4.78 is 18.3. The molecule has 2 N–H and O–H groups in total.